The van der Waals surface area contributed by atoms with Crippen molar-refractivity contribution < 1.29 is 17.6 Å². The number of likely N-dealkylation sites (N-methyl/N-ethyl adjacent to an activating group) is 2. The summed E-state index contributed by atoms with van der Waals surface area (Å²) < 4.78 is 42.4. The maximum Gasteiger partial charge on any atom is 0.266 e. The molecule has 3 rings (SSSR count). The molecule has 0 radical (unpaired) electrons. The fourth-order valence-corrected chi connectivity index (χ4v) is 6.16. The van der Waals surface area contributed by atoms with Crippen molar-refractivity contribution in [2.75, 3.05) is 31.2 Å². The molecule has 1 aliphatic carbocycles. The van der Waals surface area contributed by atoms with E-state index in [9.17, 15) is 17.6 Å². The van der Waals surface area contributed by atoms with Crippen LogP contribution in [0.1, 0.15) is 39.5 Å². The van der Waals surface area contributed by atoms with Crippen LogP contribution in [-0.2, 0) is 14.8 Å². The van der Waals surface area contributed by atoms with Gasteiger partial charge in [0, 0.05) is 24.7 Å². The van der Waals surface area contributed by atoms with E-state index in [0.717, 1.165) is 49.2 Å². The Hall–Kier alpha value is -1.95. The van der Waals surface area contributed by atoms with Gasteiger partial charge in [-0.2, -0.15) is 0 Å². The third-order valence-corrected chi connectivity index (χ3v) is 8.98. The molecule has 1 fully saturated rings. The summed E-state index contributed by atoms with van der Waals surface area (Å²) in [4.78, 5) is 20.2. The number of hydrogen-bond donors (Lipinski definition) is 2. The predicted octanol–water partition coefficient (Wildman–Crippen LogP) is 4.26. The molecule has 2 atom stereocenters. The number of nitrogens with zero attached hydrogens (tertiary/aromatic N) is 3. The van der Waals surface area contributed by atoms with Gasteiger partial charge in [0.1, 0.15) is 10.7 Å². The number of amides is 1. The fraction of sp³-hybridized carbons (Fsp3) is 0.545. The third kappa shape index (κ3) is 5.64. The number of sulfonamides is 1. The average Bonchev–Trinajstić information content (AvgIpc) is 3.27. The van der Waals surface area contributed by atoms with Gasteiger partial charge in [-0.25, -0.2) is 17.8 Å². The molecule has 1 heterocycles. The van der Waals surface area contributed by atoms with E-state index >= 15 is 0 Å². The number of thiazole rings is 1. The average molecular weight is 532 g/mol. The molecule has 0 aliphatic heterocycles. The lowest BCUT2D eigenvalue weighted by molar-refractivity contribution is -0.142. The number of anilines is 2. The Bertz CT molecular complexity index is 1130. The predicted molar refractivity (Wildman–Crippen MR) is 135 cm³/mol. The van der Waals surface area contributed by atoms with Gasteiger partial charge in [-0.05, 0) is 52.9 Å². The summed E-state index contributed by atoms with van der Waals surface area (Å²) in [5.41, 5.74) is -0.391. The van der Waals surface area contributed by atoms with E-state index in [2.05, 4.69) is 15.0 Å². The number of benzene rings is 1. The minimum atomic E-state index is -4.19. The summed E-state index contributed by atoms with van der Waals surface area (Å²) in [6.45, 7) is 3.75. The molecule has 0 spiro atoms. The molecule has 1 amide bonds. The van der Waals surface area contributed by atoms with E-state index in [1.165, 1.54) is 6.20 Å². The molecule has 0 bridgehead atoms. The number of nitrogens with one attached hydrogen (secondary N) is 2. The van der Waals surface area contributed by atoms with E-state index in [1.54, 1.807) is 17.3 Å². The van der Waals surface area contributed by atoms with Crippen LogP contribution < -0.4 is 10.0 Å². The molecule has 2 aromatic rings. The first-order chi connectivity index (χ1) is 15.8. The highest BCUT2D eigenvalue weighted by Crippen LogP contribution is 2.33. The van der Waals surface area contributed by atoms with Gasteiger partial charge in [0.2, 0.25) is 5.91 Å². The van der Waals surface area contributed by atoms with Crippen LogP contribution in [0.15, 0.2) is 28.6 Å². The maximum atomic E-state index is 14.9. The zero-order valence-corrected chi connectivity index (χ0v) is 22.3. The number of rotatable bonds is 8. The normalized spacial score (nSPS) is 19.2. The van der Waals surface area contributed by atoms with Gasteiger partial charge in [-0.15, -0.1) is 11.3 Å². The highest BCUT2D eigenvalue weighted by atomic mass is 35.5. The second-order valence-electron chi connectivity index (χ2n) is 9.18. The van der Waals surface area contributed by atoms with Crippen LogP contribution in [-0.4, -0.2) is 67.9 Å². The topological polar surface area (TPSA) is 94.6 Å². The van der Waals surface area contributed by atoms with E-state index in [0.29, 0.717) is 0 Å². The third-order valence-electron chi connectivity index (χ3n) is 6.49. The van der Waals surface area contributed by atoms with Gasteiger partial charge in [0.25, 0.3) is 10.0 Å². The van der Waals surface area contributed by atoms with Crippen LogP contribution in [0.5, 0.6) is 0 Å². The van der Waals surface area contributed by atoms with Crippen molar-refractivity contribution in [1.82, 2.24) is 14.8 Å². The molecule has 2 N–H and O–H groups in total. The SMILES string of the molecule is CN(C(=O)C(C)(C)N(C)C)[C@H]1CCCC[C@@H]1Nc1cc(F)c(S(=O)(=O)Nc2nccs2)cc1Cl. The van der Waals surface area contributed by atoms with Gasteiger partial charge >= 0.3 is 0 Å². The van der Waals surface area contributed by atoms with E-state index in [1.807, 2.05) is 32.8 Å². The number of hydrogen-bond acceptors (Lipinski definition) is 7. The molecule has 1 saturated carbocycles. The summed E-state index contributed by atoms with van der Waals surface area (Å²) in [5, 5.41) is 5.10. The van der Waals surface area contributed by atoms with Crippen molar-refractivity contribution in [1.29, 1.82) is 0 Å². The molecule has 188 valence electrons. The van der Waals surface area contributed by atoms with Crippen LogP contribution in [0.3, 0.4) is 0 Å². The number of carbonyl (C=O) groups is 1. The lowest BCUT2D eigenvalue weighted by Crippen LogP contribution is -2.58. The Morgan fingerprint density at radius 1 is 1.24 bits per heavy atom. The van der Waals surface area contributed by atoms with Crippen LogP contribution >= 0.6 is 22.9 Å². The molecule has 12 heteroatoms. The van der Waals surface area contributed by atoms with Gasteiger partial charge in [-0.1, -0.05) is 24.4 Å². The zero-order valence-electron chi connectivity index (χ0n) is 19.9. The Balaban J connectivity index is 1.83. The molecular weight excluding hydrogens is 501 g/mol. The van der Waals surface area contributed by atoms with Crippen LogP contribution in [0, 0.1) is 5.82 Å². The van der Waals surface area contributed by atoms with Crippen molar-refractivity contribution in [2.45, 2.75) is 62.0 Å². The number of carbonyl (C=O) groups excluding carboxylic acids is 1. The Kier molecular flexibility index (Phi) is 8.11. The first-order valence-corrected chi connectivity index (χ1v) is 13.7. The first kappa shape index (κ1) is 26.7. The van der Waals surface area contributed by atoms with Gasteiger partial charge in [0.05, 0.1) is 22.3 Å². The molecule has 8 nitrogen and oxygen atoms in total. The molecule has 0 saturated heterocycles. The smallest absolute Gasteiger partial charge is 0.266 e. The lowest BCUT2D eigenvalue weighted by Gasteiger charge is -2.43. The molecule has 1 aromatic carbocycles. The second kappa shape index (κ2) is 10.3. The Morgan fingerprint density at radius 2 is 1.91 bits per heavy atom. The quantitative estimate of drug-likeness (QED) is 0.528. The van der Waals surface area contributed by atoms with Crippen molar-refractivity contribution in [3.8, 4) is 0 Å². The van der Waals surface area contributed by atoms with Crippen LogP contribution in [0.25, 0.3) is 0 Å². The second-order valence-corrected chi connectivity index (χ2v) is 12.1. The highest BCUT2D eigenvalue weighted by Gasteiger charge is 2.38. The summed E-state index contributed by atoms with van der Waals surface area (Å²) in [7, 11) is 1.33. The number of aromatic nitrogens is 1. The van der Waals surface area contributed by atoms with Gasteiger partial charge in [-0.3, -0.25) is 14.4 Å². The van der Waals surface area contributed by atoms with E-state index in [4.69, 9.17) is 11.6 Å². The molecular formula is C22H31ClFN5O3S2. The van der Waals surface area contributed by atoms with Gasteiger partial charge < -0.3 is 10.2 Å². The minimum absolute atomic E-state index is 0.0109. The van der Waals surface area contributed by atoms with Crippen molar-refractivity contribution in [3.05, 3.63) is 34.5 Å². The summed E-state index contributed by atoms with van der Waals surface area (Å²) >= 11 is 7.48. The molecule has 1 aliphatic rings. The van der Waals surface area contributed by atoms with Crippen molar-refractivity contribution in [2.24, 2.45) is 0 Å². The maximum absolute atomic E-state index is 14.9. The lowest BCUT2D eigenvalue weighted by atomic mass is 9.88. The van der Waals surface area contributed by atoms with Crippen LogP contribution in [0.2, 0.25) is 5.02 Å². The Labute approximate surface area is 209 Å². The van der Waals surface area contributed by atoms with Gasteiger partial charge in [0.15, 0.2) is 5.13 Å². The largest absolute Gasteiger partial charge is 0.379 e. The fourth-order valence-electron chi connectivity index (χ4n) is 4.01. The minimum Gasteiger partial charge on any atom is -0.379 e. The Morgan fingerprint density at radius 3 is 2.53 bits per heavy atom. The van der Waals surface area contributed by atoms with Crippen molar-refractivity contribution >= 4 is 49.7 Å². The summed E-state index contributed by atoms with van der Waals surface area (Å²) in [6, 6.07) is 1.91. The molecule has 34 heavy (non-hydrogen) atoms. The first-order valence-electron chi connectivity index (χ1n) is 11.0. The van der Waals surface area contributed by atoms with E-state index in [-0.39, 0.29) is 33.8 Å². The van der Waals surface area contributed by atoms with Crippen LogP contribution in [0.4, 0.5) is 15.2 Å². The summed E-state index contributed by atoms with van der Waals surface area (Å²) in [6.07, 6.45) is 4.95. The zero-order chi connectivity index (χ0) is 25.3. The number of halogens is 2. The monoisotopic (exact) mass is 531 g/mol. The highest BCUT2D eigenvalue weighted by molar-refractivity contribution is 7.93. The molecule has 0 unspecified atom stereocenters. The standard InChI is InChI=1S/C22H31ClFN5O3S2/c1-22(2,28(3)4)20(30)29(5)18-9-7-6-8-16(18)26-17-13-15(24)19(12-14(17)23)34(31,32)27-21-25-10-11-33-21/h10-13,16,18,26H,6-9H2,1-5H3,(H,25,27)/t16-,18-/m0/s1. The van der Waals surface area contributed by atoms with E-state index < -0.39 is 26.3 Å². The molecule has 1 aromatic heterocycles. The van der Waals surface area contributed by atoms with Crippen molar-refractivity contribution in [3.63, 3.8) is 0 Å². The summed E-state index contributed by atoms with van der Waals surface area (Å²) in [5.74, 6) is -0.940.